The molecule has 258 valence electrons. The number of hydrogen-bond donors (Lipinski definition) is 2. The van der Waals surface area contributed by atoms with Gasteiger partial charge in [-0.3, -0.25) is 14.5 Å². The molecule has 0 aliphatic carbocycles. The molecule has 2 N–H and O–H groups in total. The topological polar surface area (TPSA) is 114 Å². The van der Waals surface area contributed by atoms with Crippen molar-refractivity contribution in [3.63, 3.8) is 0 Å². The van der Waals surface area contributed by atoms with Gasteiger partial charge in [0.05, 0.1) is 0 Å². The Labute approximate surface area is 287 Å². The SMILES string of the molecule is Cc1c(-c2ccc3c(c2)CN(C(C)C(=O)O)C3)cccc1-c1cccc(-c2nc3cc(COC(=O)[C@@H]4CCCN4)c(OC(F)F)cc3o2)c1C. The van der Waals surface area contributed by atoms with Gasteiger partial charge in [-0.05, 0) is 103 Å². The number of carbonyl (C=O) groups is 2. The quantitative estimate of drug-likeness (QED) is 0.144. The molecular formula is C39H37F2N3O6. The van der Waals surface area contributed by atoms with Gasteiger partial charge in [-0.2, -0.15) is 8.78 Å². The number of aliphatic carboxylic acids is 1. The maximum absolute atomic E-state index is 13.4. The fraction of sp³-hybridized carbons (Fsp3) is 0.308. The van der Waals surface area contributed by atoms with Crippen LogP contribution in [0, 0.1) is 13.8 Å². The summed E-state index contributed by atoms with van der Waals surface area (Å²) in [6.07, 6.45) is 1.53. The lowest BCUT2D eigenvalue weighted by atomic mass is 9.89. The third-order valence-corrected chi connectivity index (χ3v) is 9.86. The average Bonchev–Trinajstić information content (AvgIpc) is 3.87. The predicted octanol–water partition coefficient (Wildman–Crippen LogP) is 7.63. The molecule has 4 aromatic carbocycles. The Morgan fingerprint density at radius 1 is 0.980 bits per heavy atom. The summed E-state index contributed by atoms with van der Waals surface area (Å²) in [6.45, 7) is 4.39. The number of nitrogens with zero attached hydrogens (tertiary/aromatic N) is 2. The zero-order valence-corrected chi connectivity index (χ0v) is 28.0. The molecular weight excluding hydrogens is 644 g/mol. The van der Waals surface area contributed by atoms with Gasteiger partial charge in [0, 0.05) is 30.3 Å². The van der Waals surface area contributed by atoms with Crippen LogP contribution in [0.2, 0.25) is 0 Å². The Hall–Kier alpha value is -5.13. The lowest BCUT2D eigenvalue weighted by Gasteiger charge is -2.19. The highest BCUT2D eigenvalue weighted by Gasteiger charge is 2.28. The number of esters is 1. The van der Waals surface area contributed by atoms with Crippen molar-refractivity contribution in [2.24, 2.45) is 0 Å². The second kappa shape index (κ2) is 13.6. The highest BCUT2D eigenvalue weighted by molar-refractivity contribution is 5.85. The van der Waals surface area contributed by atoms with E-state index in [-0.39, 0.29) is 23.5 Å². The third-order valence-electron chi connectivity index (χ3n) is 9.86. The summed E-state index contributed by atoms with van der Waals surface area (Å²) < 4.78 is 43.1. The van der Waals surface area contributed by atoms with Crippen molar-refractivity contribution in [3.05, 3.63) is 94.5 Å². The molecule has 0 saturated carbocycles. The van der Waals surface area contributed by atoms with Crippen molar-refractivity contribution in [1.29, 1.82) is 0 Å². The standard InChI is InChI=1S/C39H37F2N3O6/c1-21-28(24-12-13-25-18-44(19-26(25)15-24)23(3)37(45)46)7-4-8-29(21)30-9-5-10-31(22(30)2)36-43-33-16-27(20-48-38(47)32-11-6-14-42-32)34(50-39(40)41)17-35(33)49-36/h4-5,7-10,12-13,15-17,23,32,39,42H,6,11,14,18-20H2,1-3H3,(H,45,46)/t23?,32-/m0/s1. The molecule has 2 aliphatic rings. The number of halogens is 2. The van der Waals surface area contributed by atoms with Crippen molar-refractivity contribution >= 4 is 23.0 Å². The number of carbonyl (C=O) groups excluding carboxylic acids is 1. The molecule has 5 aromatic rings. The Morgan fingerprint density at radius 2 is 1.68 bits per heavy atom. The molecule has 0 amide bonds. The predicted molar refractivity (Wildman–Crippen MR) is 184 cm³/mol. The molecule has 50 heavy (non-hydrogen) atoms. The first-order valence-electron chi connectivity index (χ1n) is 16.6. The smallest absolute Gasteiger partial charge is 0.387 e. The van der Waals surface area contributed by atoms with Crippen LogP contribution in [0.15, 0.2) is 71.1 Å². The van der Waals surface area contributed by atoms with E-state index >= 15 is 0 Å². The van der Waals surface area contributed by atoms with Gasteiger partial charge >= 0.3 is 18.6 Å². The fourth-order valence-corrected chi connectivity index (χ4v) is 6.99. The molecule has 1 aromatic heterocycles. The maximum Gasteiger partial charge on any atom is 0.387 e. The number of fused-ring (bicyclic) bond motifs is 2. The normalized spacial score (nSPS) is 16.6. The highest BCUT2D eigenvalue weighted by atomic mass is 19.3. The molecule has 1 saturated heterocycles. The number of nitrogens with one attached hydrogen (secondary N) is 1. The van der Waals surface area contributed by atoms with Crippen LogP contribution in [-0.2, 0) is 34.0 Å². The highest BCUT2D eigenvalue weighted by Crippen LogP contribution is 2.39. The number of rotatable bonds is 10. The summed E-state index contributed by atoms with van der Waals surface area (Å²) in [5.74, 6) is -1.09. The van der Waals surface area contributed by atoms with E-state index in [9.17, 15) is 23.5 Å². The van der Waals surface area contributed by atoms with Gasteiger partial charge in [0.2, 0.25) is 5.89 Å². The summed E-state index contributed by atoms with van der Waals surface area (Å²) >= 11 is 0. The van der Waals surface area contributed by atoms with E-state index in [2.05, 4.69) is 42.6 Å². The second-order valence-electron chi connectivity index (χ2n) is 12.9. The van der Waals surface area contributed by atoms with E-state index in [0.29, 0.717) is 30.9 Å². The van der Waals surface area contributed by atoms with Crippen LogP contribution in [0.5, 0.6) is 5.75 Å². The fourth-order valence-electron chi connectivity index (χ4n) is 6.99. The van der Waals surface area contributed by atoms with Gasteiger partial charge in [-0.1, -0.05) is 42.5 Å². The summed E-state index contributed by atoms with van der Waals surface area (Å²) in [5.41, 5.74) is 10.1. The van der Waals surface area contributed by atoms with E-state index < -0.39 is 30.6 Å². The Balaban J connectivity index is 1.19. The molecule has 1 unspecified atom stereocenters. The van der Waals surface area contributed by atoms with E-state index in [1.807, 2.05) is 36.1 Å². The van der Waals surface area contributed by atoms with Crippen molar-refractivity contribution in [1.82, 2.24) is 15.2 Å². The van der Waals surface area contributed by atoms with Crippen molar-refractivity contribution in [2.75, 3.05) is 6.54 Å². The van der Waals surface area contributed by atoms with Crippen molar-refractivity contribution in [3.8, 4) is 39.5 Å². The molecule has 0 bridgehead atoms. The Morgan fingerprint density at radius 3 is 2.38 bits per heavy atom. The van der Waals surface area contributed by atoms with Gasteiger partial charge in [-0.15, -0.1) is 0 Å². The van der Waals surface area contributed by atoms with Crippen LogP contribution in [0.25, 0.3) is 44.8 Å². The van der Waals surface area contributed by atoms with Crippen LogP contribution < -0.4 is 10.1 Å². The van der Waals surface area contributed by atoms with Gasteiger partial charge in [-0.25, -0.2) is 4.98 Å². The number of aromatic nitrogens is 1. The molecule has 9 nitrogen and oxygen atoms in total. The maximum atomic E-state index is 13.4. The number of carboxylic acid groups (broad SMARTS) is 1. The molecule has 7 rings (SSSR count). The molecule has 11 heteroatoms. The summed E-state index contributed by atoms with van der Waals surface area (Å²) in [5, 5.41) is 12.6. The van der Waals surface area contributed by atoms with Crippen LogP contribution in [0.3, 0.4) is 0 Å². The van der Waals surface area contributed by atoms with Gasteiger partial charge < -0.3 is 24.3 Å². The number of ether oxygens (including phenoxy) is 2. The zero-order valence-electron chi connectivity index (χ0n) is 28.0. The van der Waals surface area contributed by atoms with E-state index in [0.717, 1.165) is 63.0 Å². The van der Waals surface area contributed by atoms with Gasteiger partial charge in [0.15, 0.2) is 5.58 Å². The summed E-state index contributed by atoms with van der Waals surface area (Å²) in [7, 11) is 0. The third kappa shape index (κ3) is 6.46. The number of benzene rings is 4. The van der Waals surface area contributed by atoms with E-state index in [4.69, 9.17) is 18.9 Å². The number of carboxylic acids is 1. The lowest BCUT2D eigenvalue weighted by Crippen LogP contribution is -2.34. The molecule has 2 aliphatic heterocycles. The number of hydrogen-bond acceptors (Lipinski definition) is 8. The molecule has 1 fully saturated rings. The first kappa shape index (κ1) is 33.4. The number of alkyl halides is 2. The second-order valence-corrected chi connectivity index (χ2v) is 12.9. The van der Waals surface area contributed by atoms with Crippen molar-refractivity contribution in [2.45, 2.75) is 72.0 Å². The first-order valence-corrected chi connectivity index (χ1v) is 16.6. The van der Waals surface area contributed by atoms with Gasteiger partial charge in [0.25, 0.3) is 0 Å². The van der Waals surface area contributed by atoms with E-state index in [1.54, 1.807) is 13.0 Å². The minimum absolute atomic E-state index is 0.143. The zero-order chi connectivity index (χ0) is 35.1. The van der Waals surface area contributed by atoms with Crippen LogP contribution in [-0.4, -0.2) is 52.2 Å². The minimum Gasteiger partial charge on any atom is -0.480 e. The minimum atomic E-state index is -3.08. The lowest BCUT2D eigenvalue weighted by molar-refractivity contribution is -0.147. The molecule has 0 spiro atoms. The van der Waals surface area contributed by atoms with Crippen LogP contribution >= 0.6 is 0 Å². The molecule has 2 atom stereocenters. The summed E-state index contributed by atoms with van der Waals surface area (Å²) in [6, 6.07) is 20.3. The van der Waals surface area contributed by atoms with Crippen LogP contribution in [0.1, 0.15) is 47.6 Å². The molecule has 0 radical (unpaired) electrons. The largest absolute Gasteiger partial charge is 0.480 e. The monoisotopic (exact) mass is 681 g/mol. The average molecular weight is 682 g/mol. The molecule has 3 heterocycles. The van der Waals surface area contributed by atoms with Gasteiger partial charge in [0.1, 0.15) is 30.0 Å². The Bertz CT molecular complexity index is 2110. The first-order chi connectivity index (χ1) is 24.1. The van der Waals surface area contributed by atoms with Crippen molar-refractivity contribution < 1.29 is 37.4 Å². The van der Waals surface area contributed by atoms with Crippen LogP contribution in [0.4, 0.5) is 8.78 Å². The number of oxazole rings is 1. The van der Waals surface area contributed by atoms with E-state index in [1.165, 1.54) is 6.07 Å². The Kier molecular flexibility index (Phi) is 9.11. The summed E-state index contributed by atoms with van der Waals surface area (Å²) in [4.78, 5) is 30.7.